The van der Waals surface area contributed by atoms with Gasteiger partial charge in [-0.05, 0) is 53.9 Å². The number of ketones is 1. The molecule has 0 aromatic heterocycles. The lowest BCUT2D eigenvalue weighted by molar-refractivity contribution is -0.145. The minimum Gasteiger partial charge on any atom is -0.346 e. The van der Waals surface area contributed by atoms with Gasteiger partial charge in [-0.25, -0.2) is 4.79 Å². The Hall–Kier alpha value is -3.69. The average molecular weight is 650 g/mol. The van der Waals surface area contributed by atoms with E-state index in [1.807, 2.05) is 45.9 Å². The van der Waals surface area contributed by atoms with Crippen molar-refractivity contribution in [3.63, 3.8) is 0 Å². The number of rotatable bonds is 13. The minimum absolute atomic E-state index is 0.0933. The van der Waals surface area contributed by atoms with E-state index in [4.69, 9.17) is 0 Å². The molecule has 1 aromatic carbocycles. The number of carbonyl (C=O) groups excluding carboxylic acids is 5. The minimum atomic E-state index is -1.01. The van der Waals surface area contributed by atoms with Crippen LogP contribution >= 0.6 is 0 Å². The van der Waals surface area contributed by atoms with Gasteiger partial charge in [-0.1, -0.05) is 104 Å². The summed E-state index contributed by atoms with van der Waals surface area (Å²) >= 11 is 0. The highest BCUT2D eigenvalue weighted by Crippen LogP contribution is 2.65. The van der Waals surface area contributed by atoms with Crippen LogP contribution in [0, 0.1) is 22.7 Å². The Balaban J connectivity index is 1.53. The van der Waals surface area contributed by atoms with Crippen LogP contribution in [0.1, 0.15) is 92.1 Å². The number of likely N-dealkylation sites (tertiary alicyclic amines) is 1. The molecule has 1 aromatic rings. The zero-order valence-electron chi connectivity index (χ0n) is 29.1. The van der Waals surface area contributed by atoms with Crippen LogP contribution in [0.25, 0.3) is 0 Å². The molecule has 2 aliphatic carbocycles. The molecule has 4 N–H and O–H groups in total. The fourth-order valence-electron chi connectivity index (χ4n) is 7.82. The number of piperidine rings is 1. The summed E-state index contributed by atoms with van der Waals surface area (Å²) < 4.78 is 0. The van der Waals surface area contributed by atoms with Crippen molar-refractivity contribution in [1.82, 2.24) is 26.2 Å². The van der Waals surface area contributed by atoms with E-state index in [1.54, 1.807) is 4.90 Å². The first-order valence-electron chi connectivity index (χ1n) is 17.3. The molecule has 258 valence electrons. The third-order valence-corrected chi connectivity index (χ3v) is 10.6. The van der Waals surface area contributed by atoms with E-state index in [0.29, 0.717) is 25.8 Å². The molecule has 1 unspecified atom stereocenters. The second kappa shape index (κ2) is 14.6. The first-order valence-corrected chi connectivity index (χ1v) is 17.3. The van der Waals surface area contributed by atoms with Gasteiger partial charge >= 0.3 is 6.03 Å². The van der Waals surface area contributed by atoms with Gasteiger partial charge in [0.25, 0.3) is 5.91 Å². The molecule has 1 heterocycles. The SMILES string of the molecule is C=CCNC(=O)C(=O)C(CCC)NC(=O)[C@@H]1[C@@H]2[C@H](CN1C(=O)[C@@H](NC(=O)NC1(Cc3ccccc3)CCCCC1)C(C)(C)C)C2(C)C. The number of Topliss-reactive ketones (excluding diaryl/α,β-unsaturated/α-hetero) is 1. The van der Waals surface area contributed by atoms with Crippen molar-refractivity contribution in [1.29, 1.82) is 0 Å². The van der Waals surface area contributed by atoms with Gasteiger partial charge in [0.1, 0.15) is 12.1 Å². The van der Waals surface area contributed by atoms with Crippen LogP contribution in [-0.4, -0.2) is 71.2 Å². The number of nitrogens with one attached hydrogen (secondary N) is 4. The Morgan fingerprint density at radius 1 is 1.02 bits per heavy atom. The monoisotopic (exact) mass is 649 g/mol. The molecule has 5 amide bonds. The van der Waals surface area contributed by atoms with Crippen molar-refractivity contribution in [3.8, 4) is 0 Å². The van der Waals surface area contributed by atoms with E-state index in [2.05, 4.69) is 53.8 Å². The third-order valence-electron chi connectivity index (χ3n) is 10.6. The lowest BCUT2D eigenvalue weighted by atomic mass is 9.77. The van der Waals surface area contributed by atoms with Crippen LogP contribution in [0.3, 0.4) is 0 Å². The van der Waals surface area contributed by atoms with Crippen LogP contribution in [0.2, 0.25) is 0 Å². The highest BCUT2D eigenvalue weighted by molar-refractivity contribution is 6.38. The first-order chi connectivity index (χ1) is 22.1. The second-order valence-electron chi connectivity index (χ2n) is 15.5. The van der Waals surface area contributed by atoms with E-state index in [1.165, 1.54) is 6.08 Å². The Bertz CT molecular complexity index is 1330. The zero-order chi connectivity index (χ0) is 34.6. The summed E-state index contributed by atoms with van der Waals surface area (Å²) in [6.45, 7) is 15.9. The number of amides is 5. The third kappa shape index (κ3) is 8.25. The molecular formula is C37H55N5O5. The standard InChI is InChI=1S/C37H55N5O5/c1-8-16-26(29(43)32(45)38-21-9-2)39-31(44)28-27-25(36(27,6)7)23-42(28)33(46)30(35(3,4)5)40-34(47)41-37(19-14-11-15-20-37)22-24-17-12-10-13-18-24/h9-10,12-13,17-18,25-28,30H,2,8,11,14-16,19-23H2,1,3-7H3,(H,38,45)(H,39,44)(H2,40,41,47)/t25-,26?,27-,28-,30+/m0/s1. The van der Waals surface area contributed by atoms with Crippen molar-refractivity contribution in [2.24, 2.45) is 22.7 Å². The smallest absolute Gasteiger partial charge is 0.315 e. The highest BCUT2D eigenvalue weighted by Gasteiger charge is 2.70. The van der Waals surface area contributed by atoms with Gasteiger partial charge in [-0.2, -0.15) is 0 Å². The molecule has 0 bridgehead atoms. The Labute approximate surface area is 280 Å². The quantitative estimate of drug-likeness (QED) is 0.187. The molecule has 10 heteroatoms. The molecule has 2 saturated carbocycles. The first kappa shape index (κ1) is 36.2. The number of benzene rings is 1. The summed E-state index contributed by atoms with van der Waals surface area (Å²) in [4.78, 5) is 69.2. The molecule has 3 fully saturated rings. The van der Waals surface area contributed by atoms with Crippen LogP contribution in [0.4, 0.5) is 4.79 Å². The van der Waals surface area contributed by atoms with E-state index >= 15 is 0 Å². The fraction of sp³-hybridized carbons (Fsp3) is 0.649. The molecule has 5 atom stereocenters. The number of urea groups is 1. The van der Waals surface area contributed by atoms with Gasteiger partial charge in [0.15, 0.2) is 0 Å². The predicted octanol–water partition coefficient (Wildman–Crippen LogP) is 4.29. The molecule has 47 heavy (non-hydrogen) atoms. The summed E-state index contributed by atoms with van der Waals surface area (Å²) in [6.07, 6.45) is 7.96. The van der Waals surface area contributed by atoms with E-state index in [-0.39, 0.29) is 35.7 Å². The fourth-order valence-corrected chi connectivity index (χ4v) is 7.82. The highest BCUT2D eigenvalue weighted by atomic mass is 16.2. The van der Waals surface area contributed by atoms with Gasteiger partial charge in [0, 0.05) is 18.6 Å². The van der Waals surface area contributed by atoms with E-state index in [9.17, 15) is 24.0 Å². The van der Waals surface area contributed by atoms with E-state index < -0.39 is 46.7 Å². The molecule has 1 aliphatic heterocycles. The molecule has 3 aliphatic rings. The predicted molar refractivity (Wildman–Crippen MR) is 182 cm³/mol. The molecule has 10 nitrogen and oxygen atoms in total. The molecular weight excluding hydrogens is 594 g/mol. The van der Waals surface area contributed by atoms with Crippen molar-refractivity contribution in [2.45, 2.75) is 117 Å². The topological polar surface area (TPSA) is 137 Å². The maximum absolute atomic E-state index is 14.4. The number of nitrogens with zero attached hydrogens (tertiary/aromatic N) is 1. The van der Waals surface area contributed by atoms with Crippen molar-refractivity contribution >= 4 is 29.5 Å². The van der Waals surface area contributed by atoms with Gasteiger partial charge in [-0.3, -0.25) is 19.2 Å². The van der Waals surface area contributed by atoms with Crippen LogP contribution in [0.5, 0.6) is 0 Å². The van der Waals surface area contributed by atoms with Crippen molar-refractivity contribution < 1.29 is 24.0 Å². The lowest BCUT2D eigenvalue weighted by Crippen LogP contribution is -2.63. The summed E-state index contributed by atoms with van der Waals surface area (Å²) in [7, 11) is 0. The van der Waals surface area contributed by atoms with Crippen LogP contribution in [0.15, 0.2) is 43.0 Å². The van der Waals surface area contributed by atoms with Gasteiger partial charge < -0.3 is 26.2 Å². The summed E-state index contributed by atoms with van der Waals surface area (Å²) in [5.74, 6) is -2.24. The van der Waals surface area contributed by atoms with Gasteiger partial charge in [-0.15, -0.1) is 6.58 Å². The van der Waals surface area contributed by atoms with Crippen molar-refractivity contribution in [3.05, 3.63) is 48.6 Å². The molecule has 0 radical (unpaired) electrons. The zero-order valence-corrected chi connectivity index (χ0v) is 29.1. The molecule has 1 saturated heterocycles. The van der Waals surface area contributed by atoms with E-state index in [0.717, 1.165) is 37.7 Å². The van der Waals surface area contributed by atoms with Crippen LogP contribution in [-0.2, 0) is 25.6 Å². The normalized spacial score (nSPS) is 23.8. The Morgan fingerprint density at radius 3 is 2.28 bits per heavy atom. The second-order valence-corrected chi connectivity index (χ2v) is 15.5. The Morgan fingerprint density at radius 2 is 1.68 bits per heavy atom. The summed E-state index contributed by atoms with van der Waals surface area (Å²) in [5.41, 5.74) is -0.0581. The summed E-state index contributed by atoms with van der Waals surface area (Å²) in [6, 6.07) is 7.05. The maximum atomic E-state index is 14.4. The summed E-state index contributed by atoms with van der Waals surface area (Å²) in [5, 5.41) is 11.6. The van der Waals surface area contributed by atoms with Crippen LogP contribution < -0.4 is 21.3 Å². The maximum Gasteiger partial charge on any atom is 0.315 e. The van der Waals surface area contributed by atoms with Gasteiger partial charge in [0.2, 0.25) is 17.6 Å². The average Bonchev–Trinajstić information content (AvgIpc) is 3.33. The van der Waals surface area contributed by atoms with Crippen molar-refractivity contribution in [2.75, 3.05) is 13.1 Å². The lowest BCUT2D eigenvalue weighted by Gasteiger charge is -2.41. The number of carbonyl (C=O) groups is 5. The van der Waals surface area contributed by atoms with Gasteiger partial charge in [0.05, 0.1) is 6.04 Å². The number of hydrogen-bond donors (Lipinski definition) is 4. The molecule has 4 rings (SSSR count). The Kier molecular flexibility index (Phi) is 11.2. The number of hydrogen-bond acceptors (Lipinski definition) is 5. The largest absolute Gasteiger partial charge is 0.346 e. The number of fused-ring (bicyclic) bond motifs is 1. The molecule has 0 spiro atoms.